The van der Waals surface area contributed by atoms with E-state index in [1.807, 2.05) is 0 Å². The Labute approximate surface area is 180 Å². The lowest BCUT2D eigenvalue weighted by Gasteiger charge is -2.41. The fourth-order valence-electron chi connectivity index (χ4n) is 5.90. The first kappa shape index (κ1) is 19.1. The van der Waals surface area contributed by atoms with Crippen LogP contribution in [-0.2, 0) is 5.41 Å². The van der Waals surface area contributed by atoms with Gasteiger partial charge in [0.05, 0.1) is 0 Å². The Morgan fingerprint density at radius 2 is 1.20 bits per heavy atom. The standard InChI is InChI=1S/C30H30/c1-21(20-29(2,3)4)30(24-18-17-22-11-5-6-12-23(22)19-24)27-15-9-7-13-25(27)26-14-8-10-16-28(26)30/h5-19,21H,20H2,1-4H3. The van der Waals surface area contributed by atoms with Crippen LogP contribution < -0.4 is 0 Å². The lowest BCUT2D eigenvalue weighted by atomic mass is 9.61. The molecule has 0 aromatic heterocycles. The molecular weight excluding hydrogens is 360 g/mol. The van der Waals surface area contributed by atoms with Crippen LogP contribution in [-0.4, -0.2) is 0 Å². The monoisotopic (exact) mass is 390 g/mol. The Bertz CT molecular complexity index is 1180. The second-order valence-corrected chi connectivity index (χ2v) is 10.1. The third-order valence-corrected chi connectivity index (χ3v) is 6.86. The van der Waals surface area contributed by atoms with Crippen molar-refractivity contribution in [1.82, 2.24) is 0 Å². The Kier molecular flexibility index (Phi) is 4.36. The Balaban J connectivity index is 1.86. The van der Waals surface area contributed by atoms with Crippen molar-refractivity contribution in [3.05, 3.63) is 108 Å². The van der Waals surface area contributed by atoms with E-state index in [-0.39, 0.29) is 10.8 Å². The van der Waals surface area contributed by atoms with E-state index >= 15 is 0 Å². The molecule has 0 spiro atoms. The molecule has 0 radical (unpaired) electrons. The van der Waals surface area contributed by atoms with Gasteiger partial charge in [-0.25, -0.2) is 0 Å². The Morgan fingerprint density at radius 1 is 0.667 bits per heavy atom. The summed E-state index contributed by atoms with van der Waals surface area (Å²) in [7, 11) is 0. The number of hydrogen-bond acceptors (Lipinski definition) is 0. The quantitative estimate of drug-likeness (QED) is 0.330. The van der Waals surface area contributed by atoms with Crippen LogP contribution in [0.4, 0.5) is 0 Å². The molecule has 1 unspecified atom stereocenters. The molecule has 0 aliphatic heterocycles. The predicted octanol–water partition coefficient (Wildman–Crippen LogP) is 8.23. The minimum Gasteiger partial charge on any atom is -0.0619 e. The second kappa shape index (κ2) is 6.84. The molecule has 0 heteroatoms. The van der Waals surface area contributed by atoms with Gasteiger partial charge in [0.15, 0.2) is 0 Å². The maximum absolute atomic E-state index is 2.46. The minimum atomic E-state index is -0.134. The van der Waals surface area contributed by atoms with Gasteiger partial charge in [-0.2, -0.15) is 0 Å². The summed E-state index contributed by atoms with van der Waals surface area (Å²) in [6.07, 6.45) is 1.16. The van der Waals surface area contributed by atoms with Crippen LogP contribution in [0.1, 0.15) is 50.8 Å². The van der Waals surface area contributed by atoms with Crippen molar-refractivity contribution >= 4 is 10.8 Å². The zero-order valence-electron chi connectivity index (χ0n) is 18.4. The van der Waals surface area contributed by atoms with Crippen molar-refractivity contribution < 1.29 is 0 Å². The summed E-state index contributed by atoms with van der Waals surface area (Å²) in [4.78, 5) is 0. The average Bonchev–Trinajstić information content (AvgIpc) is 3.04. The highest BCUT2D eigenvalue weighted by Crippen LogP contribution is 2.58. The summed E-state index contributed by atoms with van der Waals surface area (Å²) >= 11 is 0. The average molecular weight is 391 g/mol. The van der Waals surface area contributed by atoms with E-state index in [0.29, 0.717) is 5.92 Å². The van der Waals surface area contributed by atoms with E-state index < -0.39 is 0 Å². The molecule has 0 bridgehead atoms. The highest BCUT2D eigenvalue weighted by atomic mass is 14.5. The summed E-state index contributed by atoms with van der Waals surface area (Å²) in [5.41, 5.74) is 7.23. The fourth-order valence-corrected chi connectivity index (χ4v) is 5.90. The van der Waals surface area contributed by atoms with E-state index in [1.165, 1.54) is 38.6 Å². The molecule has 4 aromatic rings. The van der Waals surface area contributed by atoms with E-state index in [2.05, 4.69) is 119 Å². The molecule has 0 saturated heterocycles. The fraction of sp³-hybridized carbons (Fsp3) is 0.267. The lowest BCUT2D eigenvalue weighted by molar-refractivity contribution is 0.257. The topological polar surface area (TPSA) is 0 Å². The SMILES string of the molecule is CC(CC(C)(C)C)C1(c2ccc3ccccc3c2)c2ccccc2-c2ccccc21. The molecule has 1 atom stereocenters. The van der Waals surface area contributed by atoms with Crippen molar-refractivity contribution in [1.29, 1.82) is 0 Å². The molecule has 1 aliphatic rings. The molecule has 0 saturated carbocycles. The van der Waals surface area contributed by atoms with Crippen molar-refractivity contribution in [2.24, 2.45) is 11.3 Å². The number of hydrogen-bond donors (Lipinski definition) is 0. The molecule has 5 rings (SSSR count). The van der Waals surface area contributed by atoms with Crippen molar-refractivity contribution in [2.75, 3.05) is 0 Å². The van der Waals surface area contributed by atoms with Gasteiger partial charge < -0.3 is 0 Å². The van der Waals surface area contributed by atoms with E-state index in [1.54, 1.807) is 0 Å². The summed E-state index contributed by atoms with van der Waals surface area (Å²) < 4.78 is 0. The molecule has 0 heterocycles. The zero-order chi connectivity index (χ0) is 20.9. The normalized spacial score (nSPS) is 15.6. The molecule has 0 N–H and O–H groups in total. The molecule has 1 aliphatic carbocycles. The predicted molar refractivity (Wildman–Crippen MR) is 129 cm³/mol. The third kappa shape index (κ3) is 2.82. The van der Waals surface area contributed by atoms with Crippen LogP contribution in [0, 0.1) is 11.3 Å². The first-order valence-corrected chi connectivity index (χ1v) is 11.1. The first-order chi connectivity index (χ1) is 14.4. The van der Waals surface area contributed by atoms with Gasteiger partial charge in [0, 0.05) is 5.41 Å². The second-order valence-electron chi connectivity index (χ2n) is 10.1. The summed E-state index contributed by atoms with van der Waals surface area (Å²) in [5, 5.41) is 2.62. The van der Waals surface area contributed by atoms with Crippen molar-refractivity contribution in [2.45, 2.75) is 39.5 Å². The summed E-state index contributed by atoms with van der Waals surface area (Å²) in [5.74, 6) is 0.462. The van der Waals surface area contributed by atoms with Gasteiger partial charge in [-0.3, -0.25) is 0 Å². The van der Waals surface area contributed by atoms with Crippen LogP contribution in [0.5, 0.6) is 0 Å². The molecule has 0 fully saturated rings. The van der Waals surface area contributed by atoms with Gasteiger partial charge in [0.25, 0.3) is 0 Å². The maximum Gasteiger partial charge on any atom is 0.0489 e. The molecule has 0 nitrogen and oxygen atoms in total. The highest BCUT2D eigenvalue weighted by molar-refractivity contribution is 5.87. The van der Waals surface area contributed by atoms with E-state index in [0.717, 1.165) is 6.42 Å². The van der Waals surface area contributed by atoms with Crippen LogP contribution in [0.3, 0.4) is 0 Å². The molecule has 150 valence electrons. The van der Waals surface area contributed by atoms with Crippen LogP contribution in [0.2, 0.25) is 0 Å². The number of benzene rings is 4. The Morgan fingerprint density at radius 3 is 1.80 bits per heavy atom. The molecule has 0 amide bonds. The summed E-state index contributed by atoms with van der Waals surface area (Å²) in [6, 6.07) is 34.0. The van der Waals surface area contributed by atoms with Crippen LogP contribution in [0.25, 0.3) is 21.9 Å². The summed E-state index contributed by atoms with van der Waals surface area (Å²) in [6.45, 7) is 9.55. The lowest BCUT2D eigenvalue weighted by Crippen LogP contribution is -2.36. The smallest absolute Gasteiger partial charge is 0.0489 e. The van der Waals surface area contributed by atoms with Gasteiger partial charge in [-0.15, -0.1) is 0 Å². The van der Waals surface area contributed by atoms with Gasteiger partial charge in [-0.05, 0) is 62.4 Å². The third-order valence-electron chi connectivity index (χ3n) is 6.86. The van der Waals surface area contributed by atoms with Gasteiger partial charge >= 0.3 is 0 Å². The van der Waals surface area contributed by atoms with E-state index in [9.17, 15) is 0 Å². The number of fused-ring (bicyclic) bond motifs is 4. The van der Waals surface area contributed by atoms with Crippen LogP contribution in [0.15, 0.2) is 91.0 Å². The number of rotatable bonds is 3. The maximum atomic E-state index is 2.46. The van der Waals surface area contributed by atoms with Crippen molar-refractivity contribution in [3.8, 4) is 11.1 Å². The highest BCUT2D eigenvalue weighted by Gasteiger charge is 2.48. The van der Waals surface area contributed by atoms with Gasteiger partial charge in [0.2, 0.25) is 0 Å². The zero-order valence-corrected chi connectivity index (χ0v) is 18.4. The van der Waals surface area contributed by atoms with Crippen molar-refractivity contribution in [3.63, 3.8) is 0 Å². The molecule has 4 aromatic carbocycles. The molecular formula is C30H30. The van der Waals surface area contributed by atoms with Gasteiger partial charge in [-0.1, -0.05) is 113 Å². The first-order valence-electron chi connectivity index (χ1n) is 11.1. The van der Waals surface area contributed by atoms with E-state index in [4.69, 9.17) is 0 Å². The van der Waals surface area contributed by atoms with Gasteiger partial charge in [0.1, 0.15) is 0 Å². The Hall–Kier alpha value is -2.86. The minimum absolute atomic E-state index is 0.134. The molecule has 30 heavy (non-hydrogen) atoms. The largest absolute Gasteiger partial charge is 0.0619 e. The van der Waals surface area contributed by atoms with Crippen LogP contribution >= 0.6 is 0 Å².